The summed E-state index contributed by atoms with van der Waals surface area (Å²) in [7, 11) is 0. The first-order chi connectivity index (χ1) is 10.9. The van der Waals surface area contributed by atoms with Gasteiger partial charge in [0.1, 0.15) is 17.1 Å². The molecule has 1 saturated carbocycles. The zero-order chi connectivity index (χ0) is 16.7. The highest BCUT2D eigenvalue weighted by Crippen LogP contribution is 2.56. The van der Waals surface area contributed by atoms with Crippen LogP contribution in [0.5, 0.6) is 11.5 Å². The molecule has 3 atom stereocenters. The van der Waals surface area contributed by atoms with Crippen molar-refractivity contribution in [3.63, 3.8) is 0 Å². The Bertz CT molecular complexity index is 654. The molecule has 1 N–H and O–H groups in total. The van der Waals surface area contributed by atoms with E-state index in [-0.39, 0.29) is 11.0 Å². The lowest BCUT2D eigenvalue weighted by Crippen LogP contribution is -2.56. The van der Waals surface area contributed by atoms with Crippen molar-refractivity contribution in [2.75, 3.05) is 0 Å². The largest absolute Gasteiger partial charge is 0.508 e. The number of ether oxygens (including phenoxy) is 1. The number of allylic oxidation sites excluding steroid dienone is 3. The van der Waals surface area contributed by atoms with Gasteiger partial charge in [0.2, 0.25) is 0 Å². The summed E-state index contributed by atoms with van der Waals surface area (Å²) in [5.41, 5.74) is 2.25. The summed E-state index contributed by atoms with van der Waals surface area (Å²) < 4.78 is 6.59. The molecule has 124 valence electrons. The Balaban J connectivity index is 2.00. The summed E-state index contributed by atoms with van der Waals surface area (Å²) in [5.74, 6) is 1.76. The smallest absolute Gasteiger partial charge is 0.124 e. The van der Waals surface area contributed by atoms with E-state index in [1.807, 2.05) is 12.1 Å². The molecule has 0 amide bonds. The van der Waals surface area contributed by atoms with Crippen molar-refractivity contribution in [1.82, 2.24) is 0 Å². The molecule has 1 aliphatic heterocycles. The molecular weight excluding hydrogens is 284 g/mol. The number of rotatable bonds is 2. The molecule has 0 bridgehead atoms. The van der Waals surface area contributed by atoms with E-state index >= 15 is 0 Å². The Labute approximate surface area is 139 Å². The van der Waals surface area contributed by atoms with E-state index in [1.54, 1.807) is 6.07 Å². The zero-order valence-electron chi connectivity index (χ0n) is 14.7. The molecule has 2 nitrogen and oxygen atoms in total. The highest BCUT2D eigenvalue weighted by atomic mass is 16.5. The number of hydrogen-bond donors (Lipinski definition) is 1. The third-order valence-electron chi connectivity index (χ3n) is 5.78. The molecule has 1 aromatic carbocycles. The van der Waals surface area contributed by atoms with E-state index in [9.17, 15) is 5.11 Å². The number of phenols is 1. The molecule has 1 aliphatic carbocycles. The fourth-order valence-corrected chi connectivity index (χ4v) is 4.37. The van der Waals surface area contributed by atoms with Gasteiger partial charge in [-0.25, -0.2) is 0 Å². The summed E-state index contributed by atoms with van der Waals surface area (Å²) >= 11 is 0. The Hall–Kier alpha value is -1.70. The van der Waals surface area contributed by atoms with Gasteiger partial charge in [-0.05, 0) is 50.8 Å². The Kier molecular flexibility index (Phi) is 4.03. The fourth-order valence-electron chi connectivity index (χ4n) is 4.37. The molecule has 0 unspecified atom stereocenters. The van der Waals surface area contributed by atoms with Gasteiger partial charge < -0.3 is 9.84 Å². The first kappa shape index (κ1) is 16.2. The summed E-state index contributed by atoms with van der Waals surface area (Å²) in [6.45, 7) is 8.90. The Morgan fingerprint density at radius 3 is 2.87 bits per heavy atom. The topological polar surface area (TPSA) is 29.5 Å². The van der Waals surface area contributed by atoms with Crippen molar-refractivity contribution in [2.24, 2.45) is 11.3 Å². The average molecular weight is 312 g/mol. The van der Waals surface area contributed by atoms with Gasteiger partial charge in [0, 0.05) is 17.4 Å². The van der Waals surface area contributed by atoms with Gasteiger partial charge >= 0.3 is 0 Å². The van der Waals surface area contributed by atoms with Gasteiger partial charge in [0.15, 0.2) is 0 Å². The summed E-state index contributed by atoms with van der Waals surface area (Å²) in [6.07, 6.45) is 11.2. The van der Waals surface area contributed by atoms with Crippen LogP contribution in [0.1, 0.15) is 52.5 Å². The fraction of sp³-hybridized carbons (Fsp3) is 0.524. The van der Waals surface area contributed by atoms with Crippen LogP contribution in [-0.4, -0.2) is 10.7 Å². The van der Waals surface area contributed by atoms with Crippen molar-refractivity contribution in [3.8, 4) is 11.5 Å². The van der Waals surface area contributed by atoms with E-state index in [1.165, 1.54) is 18.4 Å². The van der Waals surface area contributed by atoms with Crippen molar-refractivity contribution in [1.29, 1.82) is 0 Å². The van der Waals surface area contributed by atoms with E-state index in [2.05, 4.69) is 45.9 Å². The normalized spacial score (nSPS) is 32.8. The van der Waals surface area contributed by atoms with Crippen LogP contribution in [-0.2, 0) is 6.42 Å². The van der Waals surface area contributed by atoms with Crippen molar-refractivity contribution in [2.45, 2.75) is 59.0 Å². The van der Waals surface area contributed by atoms with E-state index in [4.69, 9.17) is 4.74 Å². The third-order valence-corrected chi connectivity index (χ3v) is 5.78. The van der Waals surface area contributed by atoms with Crippen LogP contribution >= 0.6 is 0 Å². The molecule has 2 aliphatic rings. The minimum Gasteiger partial charge on any atom is -0.508 e. The summed E-state index contributed by atoms with van der Waals surface area (Å²) in [5, 5.41) is 9.80. The second-order valence-corrected chi connectivity index (χ2v) is 7.77. The highest BCUT2D eigenvalue weighted by Gasteiger charge is 2.57. The van der Waals surface area contributed by atoms with Crippen LogP contribution in [0, 0.1) is 11.3 Å². The second-order valence-electron chi connectivity index (χ2n) is 7.77. The molecule has 23 heavy (non-hydrogen) atoms. The number of hydrogen-bond acceptors (Lipinski definition) is 2. The van der Waals surface area contributed by atoms with Crippen LogP contribution < -0.4 is 4.74 Å². The maximum Gasteiger partial charge on any atom is 0.124 e. The zero-order valence-corrected chi connectivity index (χ0v) is 14.7. The van der Waals surface area contributed by atoms with Crippen LogP contribution in [0.15, 0.2) is 42.0 Å². The van der Waals surface area contributed by atoms with Crippen molar-refractivity contribution >= 4 is 0 Å². The quantitative estimate of drug-likeness (QED) is 0.739. The minimum absolute atomic E-state index is 0.00521. The van der Waals surface area contributed by atoms with Gasteiger partial charge in [-0.1, -0.05) is 44.1 Å². The predicted octanol–water partition coefficient (Wildman–Crippen LogP) is 5.41. The lowest BCUT2D eigenvalue weighted by Gasteiger charge is -2.51. The number of fused-ring (bicyclic) bond motifs is 1. The standard InChI is InChI=1S/C21H28O2/c1-15(2)7-5-11-20(4)12-6-8-16(3)21(20)14-17-13-18(22)9-10-19(17)23-21/h5,7,9-11,13,16,22H,6,8,12,14H2,1-4H3/b11-5+/t16-,20+,21-/m1/s1. The molecule has 1 aromatic rings. The van der Waals surface area contributed by atoms with E-state index in [0.717, 1.165) is 24.2 Å². The monoisotopic (exact) mass is 312 g/mol. The minimum atomic E-state index is -0.201. The number of aromatic hydroxyl groups is 1. The van der Waals surface area contributed by atoms with Crippen LogP contribution in [0.25, 0.3) is 0 Å². The van der Waals surface area contributed by atoms with E-state index < -0.39 is 0 Å². The maximum atomic E-state index is 9.80. The van der Waals surface area contributed by atoms with Crippen LogP contribution in [0.3, 0.4) is 0 Å². The number of phenolic OH excluding ortho intramolecular Hbond substituents is 1. The predicted molar refractivity (Wildman–Crippen MR) is 94.9 cm³/mol. The van der Waals surface area contributed by atoms with Crippen LogP contribution in [0.2, 0.25) is 0 Å². The first-order valence-corrected chi connectivity index (χ1v) is 8.70. The summed E-state index contributed by atoms with van der Waals surface area (Å²) in [6, 6.07) is 5.51. The highest BCUT2D eigenvalue weighted by molar-refractivity contribution is 5.45. The molecule has 3 rings (SSSR count). The van der Waals surface area contributed by atoms with Gasteiger partial charge in [0.25, 0.3) is 0 Å². The van der Waals surface area contributed by atoms with Crippen molar-refractivity contribution in [3.05, 3.63) is 47.6 Å². The molecule has 0 radical (unpaired) electrons. The molecule has 1 heterocycles. The second kappa shape index (κ2) is 5.74. The Morgan fingerprint density at radius 2 is 2.13 bits per heavy atom. The summed E-state index contributed by atoms with van der Waals surface area (Å²) in [4.78, 5) is 0. The molecular formula is C21H28O2. The van der Waals surface area contributed by atoms with Gasteiger partial charge in [-0.2, -0.15) is 0 Å². The van der Waals surface area contributed by atoms with E-state index in [0.29, 0.717) is 11.7 Å². The number of benzene rings is 1. The van der Waals surface area contributed by atoms with Crippen LogP contribution in [0.4, 0.5) is 0 Å². The lowest BCUT2D eigenvalue weighted by atomic mass is 9.58. The SMILES string of the molecule is CC(C)=C/C=C/[C@@]1(C)CCC[C@@H](C)[C@]12Cc1cc(O)ccc1O2. The Morgan fingerprint density at radius 1 is 1.35 bits per heavy atom. The maximum absolute atomic E-state index is 9.80. The van der Waals surface area contributed by atoms with Gasteiger partial charge in [-0.15, -0.1) is 0 Å². The molecule has 0 saturated heterocycles. The molecule has 2 heteroatoms. The average Bonchev–Trinajstić information content (AvgIpc) is 2.85. The third kappa shape index (κ3) is 2.69. The molecule has 1 fully saturated rings. The van der Waals surface area contributed by atoms with Crippen molar-refractivity contribution < 1.29 is 9.84 Å². The molecule has 1 spiro atoms. The molecule has 0 aromatic heterocycles. The first-order valence-electron chi connectivity index (χ1n) is 8.70. The van der Waals surface area contributed by atoms with Gasteiger partial charge in [0.05, 0.1) is 0 Å². The van der Waals surface area contributed by atoms with Gasteiger partial charge in [-0.3, -0.25) is 0 Å². The lowest BCUT2D eigenvalue weighted by molar-refractivity contribution is -0.0810.